The van der Waals surface area contributed by atoms with Gasteiger partial charge in [-0.3, -0.25) is 9.69 Å². The number of aryl methyl sites for hydroxylation is 1. The first-order valence-corrected chi connectivity index (χ1v) is 7.30. The molecule has 0 aliphatic carbocycles. The van der Waals surface area contributed by atoms with Gasteiger partial charge in [-0.25, -0.2) is 4.79 Å². The largest absolute Gasteiger partial charge is 0.337 e. The molecule has 6 nitrogen and oxygen atoms in total. The molecule has 23 heavy (non-hydrogen) atoms. The van der Waals surface area contributed by atoms with Crippen LogP contribution in [0.25, 0.3) is 11.1 Å². The van der Waals surface area contributed by atoms with Crippen molar-refractivity contribution in [2.75, 3.05) is 18.5 Å². The van der Waals surface area contributed by atoms with Crippen molar-refractivity contribution in [3.63, 3.8) is 0 Å². The summed E-state index contributed by atoms with van der Waals surface area (Å²) in [5, 5.41) is 11.9. The van der Waals surface area contributed by atoms with Gasteiger partial charge in [0.15, 0.2) is 0 Å². The number of hydrogen-bond donors (Lipinski definition) is 2. The van der Waals surface area contributed by atoms with Crippen LogP contribution in [-0.2, 0) is 6.42 Å². The van der Waals surface area contributed by atoms with Gasteiger partial charge in [-0.1, -0.05) is 6.07 Å². The zero-order valence-electron chi connectivity index (χ0n) is 12.9. The second-order valence-electron chi connectivity index (χ2n) is 5.55. The van der Waals surface area contributed by atoms with Crippen molar-refractivity contribution >= 4 is 11.7 Å². The van der Waals surface area contributed by atoms with E-state index in [4.69, 9.17) is 5.26 Å². The molecule has 0 fully saturated rings. The van der Waals surface area contributed by atoms with E-state index in [-0.39, 0.29) is 17.2 Å². The second-order valence-corrected chi connectivity index (χ2v) is 5.55. The number of nitrogens with zero attached hydrogens (tertiary/aromatic N) is 2. The maximum Gasteiger partial charge on any atom is 0.321 e. The van der Waals surface area contributed by atoms with E-state index in [0.29, 0.717) is 12.2 Å². The van der Waals surface area contributed by atoms with Crippen molar-refractivity contribution in [2.45, 2.75) is 13.3 Å². The summed E-state index contributed by atoms with van der Waals surface area (Å²) in [5.74, 6) is 0. The Bertz CT molecular complexity index is 892. The number of benzene rings is 1. The van der Waals surface area contributed by atoms with Crippen LogP contribution >= 0.6 is 0 Å². The van der Waals surface area contributed by atoms with E-state index in [1.807, 2.05) is 24.3 Å². The van der Waals surface area contributed by atoms with Gasteiger partial charge in [0.05, 0.1) is 0 Å². The highest BCUT2D eigenvalue weighted by Crippen LogP contribution is 2.29. The summed E-state index contributed by atoms with van der Waals surface area (Å²) in [4.78, 5) is 27.8. The number of aromatic amines is 1. The van der Waals surface area contributed by atoms with Crippen molar-refractivity contribution in [3.05, 3.63) is 51.4 Å². The highest BCUT2D eigenvalue weighted by molar-refractivity contribution is 5.93. The average molecular weight is 308 g/mol. The Morgan fingerprint density at radius 1 is 1.26 bits per heavy atom. The van der Waals surface area contributed by atoms with E-state index >= 15 is 0 Å². The number of nitrogens with one attached hydrogen (secondary N) is 2. The van der Waals surface area contributed by atoms with Gasteiger partial charge in [0, 0.05) is 30.5 Å². The van der Waals surface area contributed by atoms with Crippen molar-refractivity contribution < 1.29 is 4.79 Å². The van der Waals surface area contributed by atoms with E-state index in [1.165, 1.54) is 0 Å². The van der Waals surface area contributed by atoms with Crippen molar-refractivity contribution in [3.8, 4) is 17.2 Å². The van der Waals surface area contributed by atoms with Crippen LogP contribution in [0.15, 0.2) is 29.1 Å². The average Bonchev–Trinajstić information content (AvgIpc) is 2.67. The number of fused-ring (bicyclic) bond motifs is 1. The lowest BCUT2D eigenvalue weighted by molar-refractivity contribution is 0.248. The number of carbonyl (C=O) groups is 1. The molecule has 3 rings (SSSR count). The van der Waals surface area contributed by atoms with Crippen LogP contribution in [0.2, 0.25) is 0 Å². The van der Waals surface area contributed by atoms with Crippen LogP contribution in [0.3, 0.4) is 0 Å². The smallest absolute Gasteiger partial charge is 0.321 e. The molecule has 2 aromatic rings. The van der Waals surface area contributed by atoms with E-state index in [2.05, 4.69) is 10.3 Å². The quantitative estimate of drug-likeness (QED) is 0.843. The molecule has 1 aliphatic rings. The van der Waals surface area contributed by atoms with Gasteiger partial charge in [0.1, 0.15) is 11.6 Å². The van der Waals surface area contributed by atoms with Crippen LogP contribution in [0.4, 0.5) is 10.5 Å². The molecule has 2 amide bonds. The van der Waals surface area contributed by atoms with Gasteiger partial charge < -0.3 is 10.3 Å². The lowest BCUT2D eigenvalue weighted by Crippen LogP contribution is -2.35. The maximum atomic E-state index is 11.8. The number of nitriles is 1. The Morgan fingerprint density at radius 2 is 2.04 bits per heavy atom. The molecule has 0 saturated heterocycles. The second kappa shape index (κ2) is 5.61. The summed E-state index contributed by atoms with van der Waals surface area (Å²) in [5.41, 5.74) is 4.07. The van der Waals surface area contributed by atoms with Gasteiger partial charge in [0.25, 0.3) is 5.56 Å². The van der Waals surface area contributed by atoms with Crippen LogP contribution in [0.1, 0.15) is 16.8 Å². The topological polar surface area (TPSA) is 89.0 Å². The minimum atomic E-state index is -0.377. The fraction of sp³-hybridized carbons (Fsp3) is 0.235. The molecule has 0 atom stereocenters. The summed E-state index contributed by atoms with van der Waals surface area (Å²) >= 11 is 0. The maximum absolute atomic E-state index is 11.8. The number of pyridine rings is 1. The molecule has 0 saturated carbocycles. The number of urea groups is 1. The molecule has 6 heteroatoms. The Hall–Kier alpha value is -3.07. The zero-order valence-corrected chi connectivity index (χ0v) is 12.9. The molecular weight excluding hydrogens is 292 g/mol. The normalized spacial score (nSPS) is 13.8. The van der Waals surface area contributed by atoms with Gasteiger partial charge in [0.2, 0.25) is 0 Å². The summed E-state index contributed by atoms with van der Waals surface area (Å²) in [7, 11) is 1.73. The molecule has 0 bridgehead atoms. The molecule has 1 aromatic carbocycles. The molecule has 0 spiro atoms. The summed E-state index contributed by atoms with van der Waals surface area (Å²) in [6.45, 7) is 2.38. The molecule has 0 radical (unpaired) electrons. The molecule has 1 aromatic heterocycles. The molecule has 0 unspecified atom stereocenters. The Kier molecular flexibility index (Phi) is 3.62. The summed E-state index contributed by atoms with van der Waals surface area (Å²) in [6.07, 6.45) is 0.729. The Morgan fingerprint density at radius 3 is 2.78 bits per heavy atom. The summed E-state index contributed by atoms with van der Waals surface area (Å²) in [6, 6.07) is 9.20. The van der Waals surface area contributed by atoms with E-state index in [0.717, 1.165) is 28.8 Å². The zero-order chi connectivity index (χ0) is 16.6. The third kappa shape index (κ3) is 2.57. The lowest BCUT2D eigenvalue weighted by Gasteiger charge is -2.18. The standard InChI is InChI=1S/C17H16N4O2/c1-10-14(8-13(9-18)16(22)20-10)11-3-4-15-12(7-11)5-6-19-17(23)21(15)2/h3-4,7-8H,5-6H2,1-2H3,(H,19,23)(H,20,22). The SMILES string of the molecule is Cc1[nH]c(=O)c(C#N)cc1-c1ccc2c(c1)CCNC(=O)N2C. The van der Waals surface area contributed by atoms with Crippen molar-refractivity contribution in [2.24, 2.45) is 0 Å². The molecule has 1 aliphatic heterocycles. The van der Waals surface area contributed by atoms with E-state index in [9.17, 15) is 9.59 Å². The van der Waals surface area contributed by atoms with Gasteiger partial charge in [-0.05, 0) is 42.7 Å². The first-order chi connectivity index (χ1) is 11.0. The number of carbonyl (C=O) groups excluding carboxylic acids is 1. The highest BCUT2D eigenvalue weighted by Gasteiger charge is 2.19. The Labute approximate surface area is 133 Å². The fourth-order valence-corrected chi connectivity index (χ4v) is 2.82. The lowest BCUT2D eigenvalue weighted by atomic mass is 9.98. The molecule has 2 heterocycles. The Balaban J connectivity index is 2.13. The molecule has 116 valence electrons. The van der Waals surface area contributed by atoms with Crippen molar-refractivity contribution in [1.82, 2.24) is 10.3 Å². The summed E-state index contributed by atoms with van der Waals surface area (Å²) < 4.78 is 0. The highest BCUT2D eigenvalue weighted by atomic mass is 16.2. The van der Waals surface area contributed by atoms with E-state index in [1.54, 1.807) is 24.9 Å². The monoisotopic (exact) mass is 308 g/mol. The van der Waals surface area contributed by atoms with Crippen molar-refractivity contribution in [1.29, 1.82) is 5.26 Å². The fourth-order valence-electron chi connectivity index (χ4n) is 2.82. The van der Waals surface area contributed by atoms with Gasteiger partial charge >= 0.3 is 6.03 Å². The minimum Gasteiger partial charge on any atom is -0.337 e. The van der Waals surface area contributed by atoms with Crippen LogP contribution in [0, 0.1) is 18.3 Å². The number of aromatic nitrogens is 1. The number of anilines is 1. The predicted octanol–water partition coefficient (Wildman–Crippen LogP) is 1.92. The number of hydrogen-bond acceptors (Lipinski definition) is 3. The minimum absolute atomic E-state index is 0.0921. The van der Waals surface area contributed by atoms with Crippen LogP contribution < -0.4 is 15.8 Å². The first-order valence-electron chi connectivity index (χ1n) is 7.30. The number of H-pyrrole nitrogens is 1. The van der Waals surface area contributed by atoms with Gasteiger partial charge in [-0.2, -0.15) is 5.26 Å². The molecular formula is C17H16N4O2. The number of amides is 2. The third-order valence-corrected chi connectivity index (χ3v) is 4.09. The van der Waals surface area contributed by atoms with Gasteiger partial charge in [-0.15, -0.1) is 0 Å². The predicted molar refractivity (Wildman–Crippen MR) is 87.5 cm³/mol. The first kappa shape index (κ1) is 14.9. The molecule has 2 N–H and O–H groups in total. The number of rotatable bonds is 1. The van der Waals surface area contributed by atoms with Crippen LogP contribution in [0.5, 0.6) is 0 Å². The van der Waals surface area contributed by atoms with E-state index < -0.39 is 0 Å². The third-order valence-electron chi connectivity index (χ3n) is 4.09. The van der Waals surface area contributed by atoms with Crippen LogP contribution in [-0.4, -0.2) is 24.6 Å².